The van der Waals surface area contributed by atoms with Crippen molar-refractivity contribution in [2.75, 3.05) is 13.0 Å². The summed E-state index contributed by atoms with van der Waals surface area (Å²) in [5.74, 6) is 8.27. The Balaban J connectivity index is 2.18. The summed E-state index contributed by atoms with van der Waals surface area (Å²) < 4.78 is 6.88. The van der Waals surface area contributed by atoms with Gasteiger partial charge in [-0.15, -0.1) is 10.2 Å². The fourth-order valence-electron chi connectivity index (χ4n) is 1.89. The van der Waals surface area contributed by atoms with Crippen LogP contribution in [-0.4, -0.2) is 22.0 Å². The van der Waals surface area contributed by atoms with Crippen LogP contribution >= 0.6 is 23.4 Å². The molecule has 1 aromatic carbocycles. The fourth-order valence-corrected chi connectivity index (χ4v) is 2.92. The predicted molar refractivity (Wildman–Crippen MR) is 86.4 cm³/mol. The average molecular weight is 327 g/mol. The van der Waals surface area contributed by atoms with Crippen LogP contribution in [0.2, 0.25) is 5.02 Å². The zero-order chi connectivity index (χ0) is 15.6. The van der Waals surface area contributed by atoms with Gasteiger partial charge >= 0.3 is 0 Å². The molecule has 2 rings (SSSR count). The number of nitrogens with two attached hydrogens (primary N) is 1. The Hall–Kier alpha value is -1.40. The molecule has 0 amide bonds. The minimum atomic E-state index is -0.145. The van der Waals surface area contributed by atoms with Crippen molar-refractivity contribution in [2.45, 2.75) is 37.1 Å². The molecule has 0 saturated heterocycles. The van der Waals surface area contributed by atoms with Crippen molar-refractivity contribution in [3.63, 3.8) is 0 Å². The van der Waals surface area contributed by atoms with E-state index >= 15 is 0 Å². The Morgan fingerprint density at radius 2 is 2.05 bits per heavy atom. The van der Waals surface area contributed by atoms with Gasteiger partial charge in [-0.2, -0.15) is 0 Å². The number of nitrogens with zero attached hydrogens (tertiary/aromatic N) is 3. The summed E-state index contributed by atoms with van der Waals surface area (Å²) in [5, 5.41) is 9.67. The average Bonchev–Trinajstić information content (AvgIpc) is 2.77. The van der Waals surface area contributed by atoms with Crippen molar-refractivity contribution in [3.8, 4) is 5.75 Å². The van der Waals surface area contributed by atoms with Crippen molar-refractivity contribution < 1.29 is 4.74 Å². The van der Waals surface area contributed by atoms with Gasteiger partial charge in [-0.3, -0.25) is 0 Å². The third-order valence-electron chi connectivity index (χ3n) is 2.93. The summed E-state index contributed by atoms with van der Waals surface area (Å²) in [4.78, 5) is 0. The van der Waals surface area contributed by atoms with Crippen LogP contribution in [-0.2, 0) is 11.2 Å². The van der Waals surface area contributed by atoms with Crippen molar-refractivity contribution in [2.24, 2.45) is 0 Å². The molecule has 114 valence electrons. The smallest absolute Gasteiger partial charge is 0.210 e. The van der Waals surface area contributed by atoms with Crippen LogP contribution in [0, 0.1) is 0 Å². The lowest BCUT2D eigenvalue weighted by molar-refractivity contribution is 0.411. The van der Waals surface area contributed by atoms with E-state index in [9.17, 15) is 0 Å². The molecule has 0 spiro atoms. The van der Waals surface area contributed by atoms with Crippen LogP contribution in [0.5, 0.6) is 5.75 Å². The van der Waals surface area contributed by atoms with Crippen LogP contribution in [0.25, 0.3) is 0 Å². The minimum absolute atomic E-state index is 0.145. The van der Waals surface area contributed by atoms with E-state index in [4.69, 9.17) is 22.2 Å². The largest absolute Gasteiger partial charge is 0.496 e. The molecule has 5 nitrogen and oxygen atoms in total. The van der Waals surface area contributed by atoms with Crippen LogP contribution in [0.1, 0.15) is 32.2 Å². The van der Waals surface area contributed by atoms with Crippen LogP contribution in [0.15, 0.2) is 23.4 Å². The van der Waals surface area contributed by atoms with E-state index in [0.29, 0.717) is 15.9 Å². The zero-order valence-corrected chi connectivity index (χ0v) is 14.1. The first-order valence-electron chi connectivity index (χ1n) is 6.49. The second kappa shape index (κ2) is 6.15. The first-order chi connectivity index (χ1) is 9.82. The lowest BCUT2D eigenvalue weighted by atomic mass is 9.96. The molecule has 2 aromatic rings. The molecule has 1 aromatic heterocycles. The van der Waals surface area contributed by atoms with Crippen LogP contribution < -0.4 is 10.6 Å². The molecule has 0 unspecified atom stereocenters. The number of thioether (sulfide) groups is 1. The number of hydrogen-bond donors (Lipinski definition) is 1. The molecule has 1 heterocycles. The number of nitrogen functional groups attached to an aromatic ring is 1. The first kappa shape index (κ1) is 16.0. The van der Waals surface area contributed by atoms with Crippen molar-refractivity contribution >= 4 is 23.4 Å². The molecule has 21 heavy (non-hydrogen) atoms. The Labute approximate surface area is 133 Å². The molecule has 0 bridgehead atoms. The molecular weight excluding hydrogens is 308 g/mol. The SMILES string of the molecule is COc1ccc(Cl)cc1CSc1nnc(C(C)(C)C)n1N. The van der Waals surface area contributed by atoms with Gasteiger partial charge in [-0.05, 0) is 18.2 Å². The molecule has 2 N–H and O–H groups in total. The van der Waals surface area contributed by atoms with Gasteiger partial charge in [0.2, 0.25) is 5.16 Å². The molecule has 7 heteroatoms. The maximum absolute atomic E-state index is 6.07. The lowest BCUT2D eigenvalue weighted by Gasteiger charge is -2.16. The predicted octanol–water partition coefficient (Wildman–Crippen LogP) is 3.24. The number of halogens is 1. The number of hydrogen-bond acceptors (Lipinski definition) is 5. The van der Waals surface area contributed by atoms with Gasteiger partial charge in [-0.1, -0.05) is 44.1 Å². The summed E-state index contributed by atoms with van der Waals surface area (Å²) in [6.45, 7) is 6.15. The number of methoxy groups -OCH3 is 1. The van der Waals surface area contributed by atoms with E-state index in [0.717, 1.165) is 17.1 Å². The van der Waals surface area contributed by atoms with Gasteiger partial charge in [-0.25, -0.2) is 4.68 Å². The Morgan fingerprint density at radius 1 is 1.33 bits per heavy atom. The molecule has 0 saturated carbocycles. The lowest BCUT2D eigenvalue weighted by Crippen LogP contribution is -2.24. The second-order valence-corrected chi connectivity index (χ2v) is 7.05. The fraction of sp³-hybridized carbons (Fsp3) is 0.429. The highest BCUT2D eigenvalue weighted by molar-refractivity contribution is 7.98. The molecule has 0 aliphatic carbocycles. The maximum atomic E-state index is 6.07. The van der Waals surface area contributed by atoms with Gasteiger partial charge < -0.3 is 10.6 Å². The second-order valence-electron chi connectivity index (χ2n) is 5.67. The molecule has 0 atom stereocenters. The van der Waals surface area contributed by atoms with Crippen LogP contribution in [0.4, 0.5) is 0 Å². The highest BCUT2D eigenvalue weighted by Gasteiger charge is 2.23. The summed E-state index contributed by atoms with van der Waals surface area (Å²) in [7, 11) is 1.64. The molecular formula is C14H19ClN4OS. The number of ether oxygens (including phenoxy) is 1. The number of rotatable bonds is 4. The van der Waals surface area contributed by atoms with E-state index in [1.165, 1.54) is 11.8 Å². The first-order valence-corrected chi connectivity index (χ1v) is 7.85. The third-order valence-corrected chi connectivity index (χ3v) is 4.16. The zero-order valence-electron chi connectivity index (χ0n) is 12.6. The van der Waals surface area contributed by atoms with Gasteiger partial charge in [0.25, 0.3) is 0 Å². The van der Waals surface area contributed by atoms with Gasteiger partial charge in [0.1, 0.15) is 5.75 Å². The number of aromatic nitrogens is 3. The van der Waals surface area contributed by atoms with E-state index in [-0.39, 0.29) is 5.41 Å². The van der Waals surface area contributed by atoms with Gasteiger partial charge in [0, 0.05) is 21.8 Å². The maximum Gasteiger partial charge on any atom is 0.210 e. The van der Waals surface area contributed by atoms with Crippen molar-refractivity contribution in [1.82, 2.24) is 14.9 Å². The van der Waals surface area contributed by atoms with Gasteiger partial charge in [0.15, 0.2) is 5.82 Å². The van der Waals surface area contributed by atoms with Crippen molar-refractivity contribution in [1.29, 1.82) is 0 Å². The van der Waals surface area contributed by atoms with E-state index in [2.05, 4.69) is 31.0 Å². The van der Waals surface area contributed by atoms with Crippen molar-refractivity contribution in [3.05, 3.63) is 34.6 Å². The highest BCUT2D eigenvalue weighted by Crippen LogP contribution is 2.30. The Bertz CT molecular complexity index is 636. The Morgan fingerprint density at radius 3 is 2.62 bits per heavy atom. The third kappa shape index (κ3) is 3.63. The quantitative estimate of drug-likeness (QED) is 0.690. The van der Waals surface area contributed by atoms with E-state index in [1.807, 2.05) is 12.1 Å². The Kier molecular flexibility index (Phi) is 4.68. The number of benzene rings is 1. The molecule has 0 radical (unpaired) electrons. The highest BCUT2D eigenvalue weighted by atomic mass is 35.5. The van der Waals surface area contributed by atoms with Gasteiger partial charge in [0.05, 0.1) is 7.11 Å². The standard InChI is InChI=1S/C14H19ClN4OS/c1-14(2,3)12-17-18-13(19(12)16)21-8-9-7-10(15)5-6-11(9)20-4/h5-7H,8,16H2,1-4H3. The summed E-state index contributed by atoms with van der Waals surface area (Å²) in [6.07, 6.45) is 0. The topological polar surface area (TPSA) is 66.0 Å². The monoisotopic (exact) mass is 326 g/mol. The summed E-state index contributed by atoms with van der Waals surface area (Å²) in [6, 6.07) is 5.54. The van der Waals surface area contributed by atoms with E-state index in [1.54, 1.807) is 17.9 Å². The molecule has 0 aliphatic heterocycles. The molecule has 0 aliphatic rings. The van der Waals surface area contributed by atoms with E-state index < -0.39 is 0 Å². The normalized spacial score (nSPS) is 11.7. The van der Waals surface area contributed by atoms with Crippen LogP contribution in [0.3, 0.4) is 0 Å². The minimum Gasteiger partial charge on any atom is -0.496 e. The summed E-state index contributed by atoms with van der Waals surface area (Å²) >= 11 is 7.53. The molecule has 0 fully saturated rings. The summed E-state index contributed by atoms with van der Waals surface area (Å²) in [5.41, 5.74) is 0.851.